The maximum Gasteiger partial charge on any atom is 0.238 e. The fourth-order valence-electron chi connectivity index (χ4n) is 4.60. The number of amides is 1. The van der Waals surface area contributed by atoms with E-state index in [2.05, 4.69) is 4.90 Å². The van der Waals surface area contributed by atoms with Gasteiger partial charge < -0.3 is 14.7 Å². The lowest BCUT2D eigenvalue weighted by molar-refractivity contribution is -0.130. The highest BCUT2D eigenvalue weighted by Gasteiger charge is 2.25. The van der Waals surface area contributed by atoms with Gasteiger partial charge in [-0.05, 0) is 61.2 Å². The zero-order valence-electron chi connectivity index (χ0n) is 18.9. The molecule has 2 heterocycles. The highest BCUT2D eigenvalue weighted by Crippen LogP contribution is 2.28. The highest BCUT2D eigenvalue weighted by molar-refractivity contribution is 7.89. The molecule has 2 aromatic rings. The molecule has 180 valence electrons. The third-order valence-corrected chi connectivity index (χ3v) is 7.40. The van der Waals surface area contributed by atoms with E-state index in [1.54, 1.807) is 17.0 Å². The van der Waals surface area contributed by atoms with Crippen molar-refractivity contribution in [3.63, 3.8) is 0 Å². The van der Waals surface area contributed by atoms with Gasteiger partial charge in [-0.1, -0.05) is 0 Å². The first kappa shape index (κ1) is 24.0. The summed E-state index contributed by atoms with van der Waals surface area (Å²) in [6.07, 6.45) is 3.36. The summed E-state index contributed by atoms with van der Waals surface area (Å²) >= 11 is 0. The zero-order chi connectivity index (χ0) is 24.3. The summed E-state index contributed by atoms with van der Waals surface area (Å²) in [7, 11) is -3.88. The first-order valence-corrected chi connectivity index (χ1v) is 12.9. The van der Waals surface area contributed by atoms with Gasteiger partial charge in [-0.15, -0.1) is 0 Å². The van der Waals surface area contributed by atoms with Gasteiger partial charge in [0.25, 0.3) is 0 Å². The number of carbonyl (C=O) groups is 1. The van der Waals surface area contributed by atoms with Crippen LogP contribution in [0.2, 0.25) is 0 Å². The van der Waals surface area contributed by atoms with Crippen molar-refractivity contribution >= 4 is 27.3 Å². The second kappa shape index (κ2) is 9.99. The fraction of sp³-hybridized carbons (Fsp3) is 0.417. The Labute approximate surface area is 199 Å². The third-order valence-electron chi connectivity index (χ3n) is 6.49. The smallest absolute Gasteiger partial charge is 0.238 e. The van der Waals surface area contributed by atoms with Gasteiger partial charge in [-0.25, -0.2) is 17.9 Å². The van der Waals surface area contributed by atoms with Gasteiger partial charge in [0.1, 0.15) is 11.9 Å². The molecule has 0 aliphatic carbocycles. The van der Waals surface area contributed by atoms with Crippen molar-refractivity contribution in [3.05, 3.63) is 53.3 Å². The minimum Gasteiger partial charge on any atom is -0.371 e. The first-order valence-electron chi connectivity index (χ1n) is 11.4. The van der Waals surface area contributed by atoms with E-state index < -0.39 is 15.8 Å². The van der Waals surface area contributed by atoms with Crippen LogP contribution in [-0.2, 0) is 21.2 Å². The molecule has 2 aliphatic heterocycles. The SMILES string of the molecule is N#Cc1ccc(N2CCN(C(=O)Cc3cc(S(N)(=O)=O)ccc3N3CCCCC3)CC2)cc1F. The van der Waals surface area contributed by atoms with Crippen LogP contribution in [0.3, 0.4) is 0 Å². The lowest BCUT2D eigenvalue weighted by atomic mass is 10.0. The van der Waals surface area contributed by atoms with Gasteiger partial charge in [0.05, 0.1) is 16.9 Å². The Morgan fingerprint density at radius 2 is 1.68 bits per heavy atom. The molecule has 0 saturated carbocycles. The Bertz CT molecular complexity index is 1210. The molecule has 1 amide bonds. The van der Waals surface area contributed by atoms with Crippen molar-refractivity contribution in [2.75, 3.05) is 49.1 Å². The molecule has 0 aromatic heterocycles. The third kappa shape index (κ3) is 5.32. The maximum absolute atomic E-state index is 14.0. The number of hydrogen-bond acceptors (Lipinski definition) is 6. The number of nitrogens with two attached hydrogens (primary N) is 1. The molecule has 10 heteroatoms. The minimum atomic E-state index is -3.88. The number of rotatable bonds is 5. The van der Waals surface area contributed by atoms with E-state index in [-0.39, 0.29) is 22.8 Å². The number of carbonyl (C=O) groups excluding carboxylic acids is 1. The first-order chi connectivity index (χ1) is 16.3. The molecule has 0 spiro atoms. The number of benzene rings is 2. The number of sulfonamides is 1. The zero-order valence-corrected chi connectivity index (χ0v) is 19.7. The van der Waals surface area contributed by atoms with E-state index in [1.807, 2.05) is 11.0 Å². The van der Waals surface area contributed by atoms with Gasteiger partial charge in [-0.2, -0.15) is 5.26 Å². The van der Waals surface area contributed by atoms with E-state index in [9.17, 15) is 17.6 Å². The summed E-state index contributed by atoms with van der Waals surface area (Å²) in [5.41, 5.74) is 2.22. The predicted octanol–water partition coefficient (Wildman–Crippen LogP) is 2.23. The van der Waals surface area contributed by atoms with Crippen LogP contribution in [0.5, 0.6) is 0 Å². The minimum absolute atomic E-state index is 0.00345. The van der Waals surface area contributed by atoms with E-state index in [1.165, 1.54) is 24.3 Å². The molecular weight excluding hydrogens is 457 g/mol. The Kier molecular flexibility index (Phi) is 7.05. The van der Waals surface area contributed by atoms with Crippen molar-refractivity contribution in [2.45, 2.75) is 30.6 Å². The van der Waals surface area contributed by atoms with Crippen molar-refractivity contribution in [2.24, 2.45) is 5.14 Å². The number of nitrogens with zero attached hydrogens (tertiary/aromatic N) is 4. The van der Waals surface area contributed by atoms with E-state index >= 15 is 0 Å². The van der Waals surface area contributed by atoms with Crippen molar-refractivity contribution in [1.29, 1.82) is 5.26 Å². The Hall–Kier alpha value is -3.16. The highest BCUT2D eigenvalue weighted by atomic mass is 32.2. The lowest BCUT2D eigenvalue weighted by Crippen LogP contribution is -2.49. The van der Waals surface area contributed by atoms with Crippen LogP contribution in [0, 0.1) is 17.1 Å². The molecule has 2 aliphatic rings. The fourth-order valence-corrected chi connectivity index (χ4v) is 5.17. The molecule has 34 heavy (non-hydrogen) atoms. The lowest BCUT2D eigenvalue weighted by Gasteiger charge is -2.36. The van der Waals surface area contributed by atoms with Gasteiger partial charge in [0, 0.05) is 50.6 Å². The molecule has 0 bridgehead atoms. The summed E-state index contributed by atoms with van der Waals surface area (Å²) < 4.78 is 37.8. The molecule has 2 aromatic carbocycles. The summed E-state index contributed by atoms with van der Waals surface area (Å²) in [6.45, 7) is 3.74. The molecule has 4 rings (SSSR count). The van der Waals surface area contributed by atoms with Gasteiger partial charge in [-0.3, -0.25) is 4.79 Å². The van der Waals surface area contributed by atoms with E-state index in [4.69, 9.17) is 10.4 Å². The summed E-state index contributed by atoms with van der Waals surface area (Å²) in [5, 5.41) is 14.3. The molecule has 2 fully saturated rings. The second-order valence-electron chi connectivity index (χ2n) is 8.70. The van der Waals surface area contributed by atoms with Crippen molar-refractivity contribution in [1.82, 2.24) is 4.90 Å². The molecule has 0 unspecified atom stereocenters. The number of nitriles is 1. The normalized spacial score (nSPS) is 16.9. The number of piperazine rings is 1. The average molecular weight is 486 g/mol. The standard InChI is InChI=1S/C24H28FN5O3S/c25-22-16-20(5-4-18(22)17-26)28-10-12-30(13-11-28)24(31)15-19-14-21(34(27,32)33)6-7-23(19)29-8-2-1-3-9-29/h4-7,14,16H,1-3,8-13,15H2,(H2,27,32,33). The number of piperidine rings is 1. The largest absolute Gasteiger partial charge is 0.371 e. The van der Waals surface area contributed by atoms with E-state index in [0.717, 1.165) is 38.0 Å². The number of halogens is 1. The molecule has 2 N–H and O–H groups in total. The van der Waals surface area contributed by atoms with Crippen LogP contribution in [0.15, 0.2) is 41.3 Å². The van der Waals surface area contributed by atoms with Crippen LogP contribution < -0.4 is 14.9 Å². The van der Waals surface area contributed by atoms with E-state index in [0.29, 0.717) is 37.4 Å². The Morgan fingerprint density at radius 1 is 0.971 bits per heavy atom. The van der Waals surface area contributed by atoms with Crippen molar-refractivity contribution < 1.29 is 17.6 Å². The molecule has 8 nitrogen and oxygen atoms in total. The van der Waals surface area contributed by atoms with Crippen LogP contribution in [0.1, 0.15) is 30.4 Å². The van der Waals surface area contributed by atoms with Crippen LogP contribution in [0.4, 0.5) is 15.8 Å². The number of primary sulfonamides is 1. The number of anilines is 2. The topological polar surface area (TPSA) is 111 Å². The van der Waals surface area contributed by atoms with Gasteiger partial charge >= 0.3 is 0 Å². The number of hydrogen-bond donors (Lipinski definition) is 1. The van der Waals surface area contributed by atoms with Crippen LogP contribution in [0.25, 0.3) is 0 Å². The molecular formula is C24H28FN5O3S. The summed E-state index contributed by atoms with van der Waals surface area (Å²) in [4.78, 5) is 19.1. The molecule has 0 atom stereocenters. The van der Waals surface area contributed by atoms with Crippen LogP contribution >= 0.6 is 0 Å². The van der Waals surface area contributed by atoms with Gasteiger partial charge in [0.15, 0.2) is 0 Å². The average Bonchev–Trinajstić information content (AvgIpc) is 2.84. The van der Waals surface area contributed by atoms with Crippen molar-refractivity contribution in [3.8, 4) is 6.07 Å². The Balaban J connectivity index is 1.47. The monoisotopic (exact) mass is 485 g/mol. The van der Waals surface area contributed by atoms with Gasteiger partial charge in [0.2, 0.25) is 15.9 Å². The molecule has 2 saturated heterocycles. The predicted molar refractivity (Wildman–Crippen MR) is 127 cm³/mol. The van der Waals surface area contributed by atoms with Crippen LogP contribution in [-0.4, -0.2) is 58.5 Å². The quantitative estimate of drug-likeness (QED) is 0.695. The Morgan fingerprint density at radius 3 is 2.29 bits per heavy atom. The summed E-state index contributed by atoms with van der Waals surface area (Å²) in [5.74, 6) is -0.644. The molecule has 0 radical (unpaired) electrons. The summed E-state index contributed by atoms with van der Waals surface area (Å²) in [6, 6.07) is 11.1. The maximum atomic E-state index is 14.0. The second-order valence-corrected chi connectivity index (χ2v) is 10.3.